The average Bonchev–Trinajstić information content (AvgIpc) is 2.71. The standard InChI is InChI=1S/C22H20FN3O3S2/c1-14-7-8-17(13-15(14)2)26-31(28,29)18-11-9-16(10-12-18)24-22(30)25-21(27)19-5-3-4-6-20(19)23/h3-13,26H,1-2H3,(H2,24,25,27,30). The summed E-state index contributed by atoms with van der Waals surface area (Å²) in [5.74, 6) is -1.35. The van der Waals surface area contributed by atoms with Gasteiger partial charge in [-0.1, -0.05) is 18.2 Å². The third-order valence-corrected chi connectivity index (χ3v) is 6.13. The maximum Gasteiger partial charge on any atom is 0.261 e. The SMILES string of the molecule is Cc1ccc(NS(=O)(=O)c2ccc(NC(=S)NC(=O)c3ccccc3F)cc2)cc1C. The number of anilines is 2. The van der Waals surface area contributed by atoms with E-state index in [0.717, 1.165) is 11.1 Å². The number of amides is 1. The molecule has 0 bridgehead atoms. The van der Waals surface area contributed by atoms with Crippen molar-refractivity contribution >= 4 is 44.6 Å². The Morgan fingerprint density at radius 3 is 2.19 bits per heavy atom. The number of hydrogen-bond acceptors (Lipinski definition) is 4. The number of sulfonamides is 1. The lowest BCUT2D eigenvalue weighted by molar-refractivity contribution is 0.0974. The predicted molar refractivity (Wildman–Crippen MR) is 123 cm³/mol. The molecule has 0 aliphatic heterocycles. The van der Waals surface area contributed by atoms with Gasteiger partial charge in [0.2, 0.25) is 0 Å². The van der Waals surface area contributed by atoms with E-state index in [9.17, 15) is 17.6 Å². The molecule has 0 saturated carbocycles. The molecule has 160 valence electrons. The van der Waals surface area contributed by atoms with Crippen molar-refractivity contribution in [3.63, 3.8) is 0 Å². The summed E-state index contributed by atoms with van der Waals surface area (Å²) >= 11 is 5.08. The molecule has 0 spiro atoms. The van der Waals surface area contributed by atoms with Crippen molar-refractivity contribution in [2.24, 2.45) is 0 Å². The van der Waals surface area contributed by atoms with Crippen molar-refractivity contribution in [1.82, 2.24) is 5.32 Å². The van der Waals surface area contributed by atoms with E-state index in [2.05, 4.69) is 15.4 Å². The summed E-state index contributed by atoms with van der Waals surface area (Å²) < 4.78 is 41.5. The summed E-state index contributed by atoms with van der Waals surface area (Å²) in [5.41, 5.74) is 2.85. The zero-order valence-corrected chi connectivity index (χ0v) is 18.4. The predicted octanol–water partition coefficient (Wildman–Crippen LogP) is 4.37. The molecule has 0 unspecified atom stereocenters. The van der Waals surface area contributed by atoms with E-state index >= 15 is 0 Å². The van der Waals surface area contributed by atoms with Crippen molar-refractivity contribution in [3.05, 3.63) is 89.2 Å². The summed E-state index contributed by atoms with van der Waals surface area (Å²) in [6, 6.07) is 16.7. The first-order chi connectivity index (χ1) is 14.7. The van der Waals surface area contributed by atoms with Crippen LogP contribution < -0.4 is 15.4 Å². The Balaban J connectivity index is 1.65. The highest BCUT2D eigenvalue weighted by atomic mass is 32.2. The molecular formula is C22H20FN3O3S2. The van der Waals surface area contributed by atoms with Gasteiger partial charge in [0.1, 0.15) is 5.82 Å². The van der Waals surface area contributed by atoms with E-state index in [-0.39, 0.29) is 15.6 Å². The minimum Gasteiger partial charge on any atom is -0.332 e. The fourth-order valence-electron chi connectivity index (χ4n) is 2.71. The monoisotopic (exact) mass is 457 g/mol. The summed E-state index contributed by atoms with van der Waals surface area (Å²) in [7, 11) is -3.77. The van der Waals surface area contributed by atoms with Crippen molar-refractivity contribution < 1.29 is 17.6 Å². The third-order valence-electron chi connectivity index (χ3n) is 4.53. The number of carbonyl (C=O) groups excluding carboxylic acids is 1. The molecule has 0 aromatic heterocycles. The van der Waals surface area contributed by atoms with E-state index in [1.807, 2.05) is 19.9 Å². The molecule has 3 N–H and O–H groups in total. The number of aryl methyl sites for hydroxylation is 2. The summed E-state index contributed by atoms with van der Waals surface area (Å²) in [5, 5.41) is 5.11. The maximum atomic E-state index is 13.7. The third kappa shape index (κ3) is 5.65. The van der Waals surface area contributed by atoms with Crippen molar-refractivity contribution in [2.75, 3.05) is 10.0 Å². The largest absolute Gasteiger partial charge is 0.332 e. The summed E-state index contributed by atoms with van der Waals surface area (Å²) in [6.45, 7) is 3.85. The van der Waals surface area contributed by atoms with Crippen molar-refractivity contribution in [2.45, 2.75) is 18.7 Å². The van der Waals surface area contributed by atoms with E-state index in [1.54, 1.807) is 18.2 Å². The molecule has 3 aromatic carbocycles. The molecule has 0 heterocycles. The van der Waals surface area contributed by atoms with Crippen LogP contribution in [0.5, 0.6) is 0 Å². The van der Waals surface area contributed by atoms with Crippen LogP contribution in [0.25, 0.3) is 0 Å². The van der Waals surface area contributed by atoms with Crippen LogP contribution in [0.15, 0.2) is 71.6 Å². The Morgan fingerprint density at radius 1 is 0.903 bits per heavy atom. The fourth-order valence-corrected chi connectivity index (χ4v) is 3.97. The van der Waals surface area contributed by atoms with Crippen LogP contribution in [0.4, 0.5) is 15.8 Å². The van der Waals surface area contributed by atoms with Gasteiger partial charge >= 0.3 is 0 Å². The van der Waals surface area contributed by atoms with Crippen LogP contribution in [0.3, 0.4) is 0 Å². The molecular weight excluding hydrogens is 437 g/mol. The maximum absolute atomic E-state index is 13.7. The van der Waals surface area contributed by atoms with Gasteiger partial charge in [-0.15, -0.1) is 0 Å². The van der Waals surface area contributed by atoms with Gasteiger partial charge in [0.15, 0.2) is 5.11 Å². The van der Waals surface area contributed by atoms with Crippen molar-refractivity contribution in [3.8, 4) is 0 Å². The second-order valence-corrected chi connectivity index (χ2v) is 8.91. The van der Waals surface area contributed by atoms with Gasteiger partial charge in [-0.25, -0.2) is 12.8 Å². The van der Waals surface area contributed by atoms with Crippen LogP contribution in [-0.4, -0.2) is 19.4 Å². The van der Waals surface area contributed by atoms with Gasteiger partial charge in [-0.2, -0.15) is 0 Å². The highest BCUT2D eigenvalue weighted by molar-refractivity contribution is 7.92. The smallest absolute Gasteiger partial charge is 0.261 e. The minimum atomic E-state index is -3.77. The fraction of sp³-hybridized carbons (Fsp3) is 0.0909. The molecule has 3 aromatic rings. The van der Waals surface area contributed by atoms with Gasteiger partial charge in [-0.3, -0.25) is 14.8 Å². The van der Waals surface area contributed by atoms with Crippen LogP contribution in [0, 0.1) is 19.7 Å². The second kappa shape index (κ2) is 9.23. The molecule has 1 amide bonds. The lowest BCUT2D eigenvalue weighted by Gasteiger charge is -2.12. The van der Waals surface area contributed by atoms with Crippen LogP contribution in [0.1, 0.15) is 21.5 Å². The van der Waals surface area contributed by atoms with Gasteiger partial charge in [-0.05, 0) is 85.7 Å². The normalized spacial score (nSPS) is 10.9. The summed E-state index contributed by atoms with van der Waals surface area (Å²) in [4.78, 5) is 12.2. The highest BCUT2D eigenvalue weighted by Crippen LogP contribution is 2.20. The number of thiocarbonyl (C=S) groups is 1. The highest BCUT2D eigenvalue weighted by Gasteiger charge is 2.15. The molecule has 31 heavy (non-hydrogen) atoms. The van der Waals surface area contributed by atoms with E-state index < -0.39 is 21.7 Å². The number of nitrogens with one attached hydrogen (secondary N) is 3. The minimum absolute atomic E-state index is 0.0443. The molecule has 0 aliphatic carbocycles. The second-order valence-electron chi connectivity index (χ2n) is 6.82. The molecule has 0 atom stereocenters. The molecule has 9 heteroatoms. The molecule has 0 aliphatic rings. The number of rotatable bonds is 5. The number of carbonyl (C=O) groups is 1. The number of halogens is 1. The van der Waals surface area contributed by atoms with Gasteiger partial charge in [0, 0.05) is 11.4 Å². The first kappa shape index (κ1) is 22.4. The van der Waals surface area contributed by atoms with E-state index in [0.29, 0.717) is 11.4 Å². The Morgan fingerprint density at radius 2 is 1.55 bits per heavy atom. The van der Waals surface area contributed by atoms with Gasteiger partial charge in [0.25, 0.3) is 15.9 Å². The lowest BCUT2D eigenvalue weighted by atomic mass is 10.1. The molecule has 0 saturated heterocycles. The zero-order valence-electron chi connectivity index (χ0n) is 16.8. The topological polar surface area (TPSA) is 87.3 Å². The van der Waals surface area contributed by atoms with Crippen LogP contribution in [0.2, 0.25) is 0 Å². The lowest BCUT2D eigenvalue weighted by Crippen LogP contribution is -2.34. The Labute approximate surface area is 185 Å². The summed E-state index contributed by atoms with van der Waals surface area (Å²) in [6.07, 6.45) is 0. The zero-order chi connectivity index (χ0) is 22.6. The number of benzene rings is 3. The molecule has 6 nitrogen and oxygen atoms in total. The van der Waals surface area contributed by atoms with Crippen LogP contribution >= 0.6 is 12.2 Å². The Bertz CT molecular complexity index is 1240. The number of hydrogen-bond donors (Lipinski definition) is 3. The van der Waals surface area contributed by atoms with E-state index in [4.69, 9.17) is 12.2 Å². The van der Waals surface area contributed by atoms with Crippen molar-refractivity contribution in [1.29, 1.82) is 0 Å². The molecule has 3 rings (SSSR count). The van der Waals surface area contributed by atoms with Gasteiger partial charge < -0.3 is 5.32 Å². The van der Waals surface area contributed by atoms with E-state index in [1.165, 1.54) is 42.5 Å². The molecule has 0 radical (unpaired) electrons. The van der Waals surface area contributed by atoms with Gasteiger partial charge in [0.05, 0.1) is 10.5 Å². The first-order valence-electron chi connectivity index (χ1n) is 9.23. The molecule has 0 fully saturated rings. The van der Waals surface area contributed by atoms with Crippen LogP contribution in [-0.2, 0) is 10.0 Å². The Kier molecular flexibility index (Phi) is 6.67. The quantitative estimate of drug-likeness (QED) is 0.495. The average molecular weight is 458 g/mol. The Hall–Kier alpha value is -3.30. The first-order valence-corrected chi connectivity index (χ1v) is 11.1.